The van der Waals surface area contributed by atoms with Crippen LogP contribution in [0.5, 0.6) is 0 Å². The standard InChI is InChI=1S/C21H24N6O2/c1-6-7-12-25-19(28)17-18(24(5)21(25)29)22-20-26(17)13-14(2)27(20)16-10-8-15(9-11-16)23(3)4/h6-11,13H,12H2,1-5H3. The molecule has 0 radical (unpaired) electrons. The van der Waals surface area contributed by atoms with Crippen LogP contribution in [0.2, 0.25) is 0 Å². The number of rotatable bonds is 4. The first-order valence-electron chi connectivity index (χ1n) is 9.44. The SMILES string of the molecule is CC=CCn1c(=O)c2c(nc3n(-c4ccc(N(C)C)cc4)c(C)cn23)n(C)c1=O. The van der Waals surface area contributed by atoms with Gasteiger partial charge in [-0.1, -0.05) is 12.2 Å². The second-order valence-corrected chi connectivity index (χ2v) is 7.30. The quantitative estimate of drug-likeness (QED) is 0.499. The van der Waals surface area contributed by atoms with Crippen molar-refractivity contribution in [3.63, 3.8) is 0 Å². The van der Waals surface area contributed by atoms with Gasteiger partial charge in [-0.25, -0.2) is 4.79 Å². The van der Waals surface area contributed by atoms with Gasteiger partial charge in [0.05, 0.1) is 0 Å². The molecular formula is C21H24N6O2. The molecule has 0 fully saturated rings. The zero-order valence-electron chi connectivity index (χ0n) is 17.2. The maximum atomic E-state index is 13.1. The molecule has 0 aliphatic heterocycles. The van der Waals surface area contributed by atoms with Crippen LogP contribution in [0.1, 0.15) is 12.6 Å². The smallest absolute Gasteiger partial charge is 0.332 e. The predicted octanol–water partition coefficient (Wildman–Crippen LogP) is 2.09. The highest BCUT2D eigenvalue weighted by Crippen LogP contribution is 2.22. The molecule has 3 aromatic heterocycles. The molecule has 0 aliphatic rings. The van der Waals surface area contributed by atoms with Crippen LogP contribution in [-0.4, -0.2) is 37.2 Å². The first kappa shape index (κ1) is 18.8. The number of fused-ring (bicyclic) bond motifs is 3. The Morgan fingerprint density at radius 3 is 2.45 bits per heavy atom. The van der Waals surface area contributed by atoms with Crippen molar-refractivity contribution in [2.45, 2.75) is 20.4 Å². The number of hydrogen-bond acceptors (Lipinski definition) is 4. The van der Waals surface area contributed by atoms with E-state index in [4.69, 9.17) is 0 Å². The van der Waals surface area contributed by atoms with E-state index in [-0.39, 0.29) is 17.8 Å². The molecule has 1 aromatic carbocycles. The topological polar surface area (TPSA) is 69.5 Å². The number of anilines is 1. The zero-order valence-corrected chi connectivity index (χ0v) is 17.2. The van der Waals surface area contributed by atoms with Gasteiger partial charge in [-0.05, 0) is 38.1 Å². The molecule has 0 bridgehead atoms. The lowest BCUT2D eigenvalue weighted by molar-refractivity contribution is 0.666. The summed E-state index contributed by atoms with van der Waals surface area (Å²) in [6, 6.07) is 8.11. The minimum absolute atomic E-state index is 0.233. The summed E-state index contributed by atoms with van der Waals surface area (Å²) < 4.78 is 6.43. The van der Waals surface area contributed by atoms with E-state index in [0.717, 1.165) is 17.1 Å². The molecule has 4 rings (SSSR count). The molecule has 150 valence electrons. The molecule has 0 saturated carbocycles. The van der Waals surface area contributed by atoms with Crippen molar-refractivity contribution < 1.29 is 0 Å². The molecule has 0 spiro atoms. The number of imidazole rings is 2. The molecule has 0 atom stereocenters. The first-order valence-corrected chi connectivity index (χ1v) is 9.44. The van der Waals surface area contributed by atoms with Gasteiger partial charge < -0.3 is 4.90 Å². The van der Waals surface area contributed by atoms with Crippen LogP contribution < -0.4 is 16.1 Å². The van der Waals surface area contributed by atoms with E-state index in [1.807, 2.05) is 73.9 Å². The highest BCUT2D eigenvalue weighted by molar-refractivity contribution is 5.76. The van der Waals surface area contributed by atoms with Gasteiger partial charge in [0.1, 0.15) is 0 Å². The Morgan fingerprint density at radius 1 is 1.14 bits per heavy atom. The van der Waals surface area contributed by atoms with Crippen LogP contribution >= 0.6 is 0 Å². The number of benzene rings is 1. The van der Waals surface area contributed by atoms with E-state index in [0.29, 0.717) is 16.9 Å². The average Bonchev–Trinajstić information content (AvgIpc) is 3.21. The van der Waals surface area contributed by atoms with Crippen molar-refractivity contribution in [3.05, 3.63) is 69.1 Å². The number of hydrogen-bond donors (Lipinski definition) is 0. The third-order valence-corrected chi connectivity index (χ3v) is 5.17. The zero-order chi connectivity index (χ0) is 20.9. The molecule has 29 heavy (non-hydrogen) atoms. The molecule has 0 amide bonds. The molecule has 8 heteroatoms. The van der Waals surface area contributed by atoms with E-state index in [1.54, 1.807) is 17.5 Å². The number of aromatic nitrogens is 5. The maximum Gasteiger partial charge on any atom is 0.332 e. The van der Waals surface area contributed by atoms with Crippen molar-refractivity contribution in [1.29, 1.82) is 0 Å². The van der Waals surface area contributed by atoms with E-state index in [2.05, 4.69) is 4.98 Å². The Labute approximate surface area is 167 Å². The molecule has 0 aliphatic carbocycles. The van der Waals surface area contributed by atoms with Crippen molar-refractivity contribution in [3.8, 4) is 5.69 Å². The second-order valence-electron chi connectivity index (χ2n) is 7.30. The highest BCUT2D eigenvalue weighted by atomic mass is 16.2. The molecule has 3 heterocycles. The van der Waals surface area contributed by atoms with Gasteiger partial charge in [0.15, 0.2) is 11.2 Å². The van der Waals surface area contributed by atoms with Crippen LogP contribution in [-0.2, 0) is 13.6 Å². The third-order valence-electron chi connectivity index (χ3n) is 5.17. The van der Waals surface area contributed by atoms with Gasteiger partial charge in [-0.15, -0.1) is 0 Å². The first-order chi connectivity index (χ1) is 13.8. The van der Waals surface area contributed by atoms with Gasteiger partial charge >= 0.3 is 5.69 Å². The Bertz CT molecular complexity index is 1360. The second kappa shape index (κ2) is 6.80. The Morgan fingerprint density at radius 2 is 1.83 bits per heavy atom. The van der Waals surface area contributed by atoms with Gasteiger partial charge in [-0.2, -0.15) is 4.98 Å². The van der Waals surface area contributed by atoms with Crippen molar-refractivity contribution in [1.82, 2.24) is 23.1 Å². The minimum Gasteiger partial charge on any atom is -0.378 e. The summed E-state index contributed by atoms with van der Waals surface area (Å²) >= 11 is 0. The molecule has 4 aromatic rings. The summed E-state index contributed by atoms with van der Waals surface area (Å²) in [4.78, 5) is 32.5. The van der Waals surface area contributed by atoms with Crippen molar-refractivity contribution in [2.75, 3.05) is 19.0 Å². The van der Waals surface area contributed by atoms with Gasteiger partial charge in [0.2, 0.25) is 5.78 Å². The summed E-state index contributed by atoms with van der Waals surface area (Å²) in [5, 5.41) is 0. The predicted molar refractivity (Wildman–Crippen MR) is 115 cm³/mol. The fourth-order valence-corrected chi connectivity index (χ4v) is 3.60. The Balaban J connectivity index is 2.02. The van der Waals surface area contributed by atoms with E-state index in [9.17, 15) is 9.59 Å². The maximum absolute atomic E-state index is 13.1. The van der Waals surface area contributed by atoms with Gasteiger partial charge in [-0.3, -0.25) is 22.9 Å². The summed E-state index contributed by atoms with van der Waals surface area (Å²) in [6.45, 7) is 4.06. The van der Waals surface area contributed by atoms with E-state index in [1.165, 1.54) is 9.13 Å². The largest absolute Gasteiger partial charge is 0.378 e. The van der Waals surface area contributed by atoms with Crippen LogP contribution in [0.15, 0.2) is 52.2 Å². The highest BCUT2D eigenvalue weighted by Gasteiger charge is 2.20. The molecule has 0 N–H and O–H groups in total. The summed E-state index contributed by atoms with van der Waals surface area (Å²) in [5.74, 6) is 0.603. The summed E-state index contributed by atoms with van der Waals surface area (Å²) in [5.41, 5.74) is 3.05. The minimum atomic E-state index is -0.375. The lowest BCUT2D eigenvalue weighted by Gasteiger charge is -2.13. The molecule has 0 unspecified atom stereocenters. The van der Waals surface area contributed by atoms with Crippen LogP contribution in [0.25, 0.3) is 22.6 Å². The van der Waals surface area contributed by atoms with Crippen molar-refractivity contribution >= 4 is 22.6 Å². The lowest BCUT2D eigenvalue weighted by Crippen LogP contribution is -2.39. The monoisotopic (exact) mass is 392 g/mol. The number of nitrogens with zero attached hydrogens (tertiary/aromatic N) is 6. The number of aryl methyl sites for hydroxylation is 2. The fourth-order valence-electron chi connectivity index (χ4n) is 3.60. The van der Waals surface area contributed by atoms with Gasteiger partial charge in [0, 0.05) is 51.0 Å². The average molecular weight is 392 g/mol. The third kappa shape index (κ3) is 2.79. The molecular weight excluding hydrogens is 368 g/mol. The Kier molecular flexibility index (Phi) is 4.41. The van der Waals surface area contributed by atoms with Crippen molar-refractivity contribution in [2.24, 2.45) is 7.05 Å². The normalized spacial score (nSPS) is 11.9. The summed E-state index contributed by atoms with van der Waals surface area (Å²) in [7, 11) is 5.63. The summed E-state index contributed by atoms with van der Waals surface area (Å²) in [6.07, 6.45) is 5.49. The van der Waals surface area contributed by atoms with Crippen LogP contribution in [0.3, 0.4) is 0 Å². The fraction of sp³-hybridized carbons (Fsp3) is 0.286. The van der Waals surface area contributed by atoms with Crippen LogP contribution in [0, 0.1) is 6.92 Å². The van der Waals surface area contributed by atoms with E-state index >= 15 is 0 Å². The lowest BCUT2D eigenvalue weighted by atomic mass is 10.2. The Hall–Kier alpha value is -3.55. The van der Waals surface area contributed by atoms with Gasteiger partial charge in [0.25, 0.3) is 5.56 Å². The van der Waals surface area contributed by atoms with E-state index < -0.39 is 0 Å². The molecule has 0 saturated heterocycles. The number of allylic oxidation sites excluding steroid dienone is 2. The molecule has 8 nitrogen and oxygen atoms in total. The van der Waals surface area contributed by atoms with Crippen LogP contribution in [0.4, 0.5) is 5.69 Å².